The first kappa shape index (κ1) is 62.7. The number of carbonyl (C=O) groups excluding carboxylic acids is 2. The van der Waals surface area contributed by atoms with Gasteiger partial charge in [0.05, 0.1) is 13.2 Å². The van der Waals surface area contributed by atoms with E-state index in [2.05, 4.69) is 55.6 Å². The summed E-state index contributed by atoms with van der Waals surface area (Å²) in [6.45, 7) is 2.60. The predicted octanol–water partition coefficient (Wildman–Crippen LogP) is 14.7. The summed E-state index contributed by atoms with van der Waals surface area (Å²) in [5, 5.41) is 21.9. The molecule has 3 unspecified atom stereocenters. The number of unbranched alkanes of at least 4 members (excludes halogenated alkanes) is 30. The summed E-state index contributed by atoms with van der Waals surface area (Å²) >= 11 is 0. The number of aliphatic carboxylic acids is 1. The van der Waals surface area contributed by atoms with Crippen molar-refractivity contribution in [2.75, 3.05) is 19.8 Å². The number of hydrogen-bond donors (Lipinski definition) is 4. The van der Waals surface area contributed by atoms with Crippen LogP contribution in [0, 0.1) is 0 Å². The fourth-order valence-corrected chi connectivity index (χ4v) is 8.29. The lowest BCUT2D eigenvalue weighted by Gasteiger charge is -2.18. The Morgan fingerprint density at radius 3 is 1.28 bits per heavy atom. The Bertz CT molecular complexity index is 1240. The summed E-state index contributed by atoms with van der Waals surface area (Å²) in [6, 6.07) is -1.55. The number of carboxylic acid groups (broad SMARTS) is 1. The Balaban J connectivity index is 3.81. The normalized spacial score (nSPS) is 13.8. The van der Waals surface area contributed by atoms with E-state index in [9.17, 15) is 34.1 Å². The quantitative estimate of drug-likeness (QED) is 0.0199. The van der Waals surface area contributed by atoms with Gasteiger partial charge in [-0.1, -0.05) is 204 Å². The number of allylic oxidation sites excluding steroid dienone is 6. The highest BCUT2D eigenvalue weighted by Gasteiger charge is 2.28. The molecule has 0 aromatic carbocycles. The lowest BCUT2D eigenvalue weighted by molar-refractivity contribution is -0.147. The Morgan fingerprint density at radius 1 is 0.492 bits per heavy atom. The van der Waals surface area contributed by atoms with Gasteiger partial charge < -0.3 is 25.2 Å². The number of rotatable bonds is 50. The molecule has 0 fully saturated rings. The lowest BCUT2D eigenvalue weighted by Crippen LogP contribution is -2.43. The van der Waals surface area contributed by atoms with Gasteiger partial charge in [-0.3, -0.25) is 18.6 Å². The van der Waals surface area contributed by atoms with Gasteiger partial charge in [-0.2, -0.15) is 0 Å². The molecule has 3 atom stereocenters. The number of ether oxygens (including phenoxy) is 1. The minimum Gasteiger partial charge on any atom is -0.480 e. The third-order valence-electron chi connectivity index (χ3n) is 11.7. The number of hydrogen-bond acceptors (Lipinski definition) is 8. The zero-order valence-corrected chi connectivity index (χ0v) is 42.4. The van der Waals surface area contributed by atoms with E-state index in [0.29, 0.717) is 12.8 Å². The maximum absolute atomic E-state index is 12.4. The van der Waals surface area contributed by atoms with E-state index in [-0.39, 0.29) is 12.8 Å². The van der Waals surface area contributed by atoms with Crippen LogP contribution in [0.15, 0.2) is 36.5 Å². The average Bonchev–Trinajstić information content (AvgIpc) is 3.28. The first-order valence-corrected chi connectivity index (χ1v) is 28.0. The minimum atomic E-state index is -4.76. The fraction of sp³-hybridized carbons (Fsp3) is 0.830. The van der Waals surface area contributed by atoms with Gasteiger partial charge in [-0.25, -0.2) is 9.36 Å². The summed E-state index contributed by atoms with van der Waals surface area (Å²) in [6.07, 6.45) is 54.5. The van der Waals surface area contributed by atoms with Gasteiger partial charge in [0.25, 0.3) is 0 Å². The number of esters is 1. The van der Waals surface area contributed by atoms with Gasteiger partial charge in [-0.15, -0.1) is 0 Å². The molecule has 65 heavy (non-hydrogen) atoms. The number of phosphoric acid groups is 1. The van der Waals surface area contributed by atoms with E-state index < -0.39 is 57.6 Å². The molecule has 0 aromatic heterocycles. The summed E-state index contributed by atoms with van der Waals surface area (Å²) in [7, 11) is -4.76. The molecule has 0 spiro atoms. The summed E-state index contributed by atoms with van der Waals surface area (Å²) in [4.78, 5) is 46.2. The Labute approximate surface area is 397 Å². The van der Waals surface area contributed by atoms with Gasteiger partial charge in [0.1, 0.15) is 12.7 Å². The Kier molecular flexibility index (Phi) is 46.5. The van der Waals surface area contributed by atoms with Crippen LogP contribution >= 0.6 is 7.82 Å². The van der Waals surface area contributed by atoms with Crippen LogP contribution in [-0.2, 0) is 32.7 Å². The van der Waals surface area contributed by atoms with Crippen LogP contribution in [-0.4, -0.2) is 64.9 Å². The van der Waals surface area contributed by atoms with Crippen LogP contribution in [0.1, 0.15) is 251 Å². The molecule has 0 aromatic rings. The van der Waals surface area contributed by atoms with Crippen LogP contribution in [0.5, 0.6) is 0 Å². The number of amides is 1. The van der Waals surface area contributed by atoms with Gasteiger partial charge in [0.15, 0.2) is 6.04 Å². The van der Waals surface area contributed by atoms with Gasteiger partial charge >= 0.3 is 19.8 Å². The SMILES string of the molecule is CCCCCC/C=C\C/C=C\CCCCCCCCCC(=O)OCC(O)COP(=O)(O)OCC(NC(=O)CCCCCCCCCCCCCCC/C=C/CCCCCCCC)C(=O)O. The number of carboxylic acids is 1. The van der Waals surface area contributed by atoms with Crippen LogP contribution < -0.4 is 5.32 Å². The second kappa shape index (κ2) is 48.2. The highest BCUT2D eigenvalue weighted by atomic mass is 31.2. The molecule has 0 saturated heterocycles. The van der Waals surface area contributed by atoms with Crippen molar-refractivity contribution in [1.29, 1.82) is 0 Å². The topological polar surface area (TPSA) is 169 Å². The number of nitrogens with one attached hydrogen (secondary N) is 1. The number of aliphatic hydroxyl groups is 1. The second-order valence-corrected chi connectivity index (χ2v) is 19.5. The van der Waals surface area contributed by atoms with Crippen LogP contribution in [0.25, 0.3) is 0 Å². The van der Waals surface area contributed by atoms with Crippen LogP contribution in [0.4, 0.5) is 0 Å². The maximum Gasteiger partial charge on any atom is 0.472 e. The summed E-state index contributed by atoms with van der Waals surface area (Å²) < 4.78 is 27.0. The molecular formula is C53H98NO10P. The van der Waals surface area contributed by atoms with Crippen molar-refractivity contribution in [2.45, 2.75) is 264 Å². The zero-order chi connectivity index (χ0) is 47.7. The van der Waals surface area contributed by atoms with E-state index >= 15 is 0 Å². The van der Waals surface area contributed by atoms with Gasteiger partial charge in [-0.05, 0) is 70.6 Å². The average molecular weight is 940 g/mol. The molecule has 0 aliphatic carbocycles. The van der Waals surface area contributed by atoms with Crippen molar-refractivity contribution in [3.8, 4) is 0 Å². The minimum absolute atomic E-state index is 0.147. The van der Waals surface area contributed by atoms with E-state index in [4.69, 9.17) is 13.8 Å². The third-order valence-corrected chi connectivity index (χ3v) is 12.6. The molecule has 0 radical (unpaired) electrons. The molecule has 12 heteroatoms. The number of carbonyl (C=O) groups is 3. The van der Waals surface area contributed by atoms with E-state index in [1.807, 2.05) is 0 Å². The molecule has 11 nitrogen and oxygen atoms in total. The summed E-state index contributed by atoms with van der Waals surface area (Å²) in [5.41, 5.74) is 0. The summed E-state index contributed by atoms with van der Waals surface area (Å²) in [5.74, 6) is -2.37. The highest BCUT2D eigenvalue weighted by Crippen LogP contribution is 2.43. The number of phosphoric ester groups is 1. The first-order valence-electron chi connectivity index (χ1n) is 26.5. The van der Waals surface area contributed by atoms with Crippen molar-refractivity contribution in [1.82, 2.24) is 5.32 Å². The van der Waals surface area contributed by atoms with E-state index in [1.165, 1.54) is 161 Å². The van der Waals surface area contributed by atoms with Crippen molar-refractivity contribution in [2.24, 2.45) is 0 Å². The molecule has 1 amide bonds. The standard InChI is InChI=1S/C53H98NO10P/c1-3-5-7-9-11-13-15-17-19-21-23-24-25-26-27-28-30-32-34-36-38-40-42-44-51(56)54-50(53(58)59)48-64-65(60,61)63-47-49(55)46-62-52(57)45-43-41-39-37-35-33-31-29-22-20-18-16-14-12-10-8-6-4-2/h14,16-17,19-20,22,49-50,55H,3-13,15,18,21,23-48H2,1-2H3,(H,54,56)(H,58,59)(H,60,61)/b16-14-,19-17+,22-20-. The van der Waals surface area contributed by atoms with E-state index in [1.54, 1.807) is 0 Å². The molecule has 0 bridgehead atoms. The molecule has 0 saturated carbocycles. The van der Waals surface area contributed by atoms with Crippen molar-refractivity contribution < 1.29 is 47.8 Å². The lowest BCUT2D eigenvalue weighted by atomic mass is 10.0. The number of aliphatic hydroxyl groups excluding tert-OH is 1. The Morgan fingerprint density at radius 2 is 0.846 bits per heavy atom. The molecule has 0 aliphatic rings. The maximum atomic E-state index is 12.4. The largest absolute Gasteiger partial charge is 0.480 e. The first-order chi connectivity index (χ1) is 31.6. The van der Waals surface area contributed by atoms with Crippen LogP contribution in [0.3, 0.4) is 0 Å². The van der Waals surface area contributed by atoms with Crippen molar-refractivity contribution in [3.63, 3.8) is 0 Å². The van der Waals surface area contributed by atoms with Crippen LogP contribution in [0.2, 0.25) is 0 Å². The molecule has 380 valence electrons. The molecule has 0 rings (SSSR count). The van der Waals surface area contributed by atoms with E-state index in [0.717, 1.165) is 51.4 Å². The molecule has 0 heterocycles. The molecule has 0 aliphatic heterocycles. The molecule has 4 N–H and O–H groups in total. The second-order valence-electron chi connectivity index (χ2n) is 18.1. The molecular weight excluding hydrogens is 842 g/mol. The highest BCUT2D eigenvalue weighted by molar-refractivity contribution is 7.47. The fourth-order valence-electron chi connectivity index (χ4n) is 7.52. The zero-order valence-electron chi connectivity index (χ0n) is 41.5. The van der Waals surface area contributed by atoms with Crippen molar-refractivity contribution in [3.05, 3.63) is 36.5 Å². The smallest absolute Gasteiger partial charge is 0.472 e. The van der Waals surface area contributed by atoms with Gasteiger partial charge in [0.2, 0.25) is 5.91 Å². The third kappa shape index (κ3) is 48.0. The predicted molar refractivity (Wildman–Crippen MR) is 268 cm³/mol. The monoisotopic (exact) mass is 940 g/mol. The van der Waals surface area contributed by atoms with Gasteiger partial charge in [0, 0.05) is 12.8 Å². The van der Waals surface area contributed by atoms with Crippen molar-refractivity contribution >= 4 is 25.7 Å². The Hall–Kier alpha value is -2.30.